The lowest BCUT2D eigenvalue weighted by Gasteiger charge is -2.55. The van der Waals surface area contributed by atoms with Crippen molar-refractivity contribution in [1.29, 1.82) is 0 Å². The van der Waals surface area contributed by atoms with Crippen LogP contribution in [0.3, 0.4) is 0 Å². The number of likely N-dealkylation sites (N-methyl/N-ethyl adjacent to an activating group) is 1. The van der Waals surface area contributed by atoms with Crippen LogP contribution in [-0.4, -0.2) is 84.9 Å². The number of carbonyl (C=O) groups is 3. The van der Waals surface area contributed by atoms with Crippen molar-refractivity contribution in [3.63, 3.8) is 0 Å². The van der Waals surface area contributed by atoms with Gasteiger partial charge in [0.05, 0.1) is 40.7 Å². The van der Waals surface area contributed by atoms with E-state index in [4.69, 9.17) is 5.73 Å². The normalized spacial score (nSPS) is 36.0. The van der Waals surface area contributed by atoms with Crippen molar-refractivity contribution in [1.82, 2.24) is 4.90 Å². The first-order chi connectivity index (χ1) is 15.2. The predicted molar refractivity (Wildman–Crippen MR) is 112 cm³/mol. The molecule has 11 nitrogen and oxygen atoms in total. The number of nitrogens with zero attached hydrogens (tertiary/aromatic N) is 1. The number of amides is 1. The third-order valence-electron chi connectivity index (χ3n) is 7.03. The maximum atomic E-state index is 13.7. The molecule has 4 rings (SSSR count). The van der Waals surface area contributed by atoms with Crippen molar-refractivity contribution in [3.8, 4) is 5.75 Å². The zero-order valence-corrected chi connectivity index (χ0v) is 18.0. The fourth-order valence-corrected chi connectivity index (χ4v) is 5.60. The average Bonchev–Trinajstić information content (AvgIpc) is 2.70. The van der Waals surface area contributed by atoms with Gasteiger partial charge in [0, 0.05) is 0 Å². The topological polar surface area (TPSA) is 202 Å². The van der Waals surface area contributed by atoms with Crippen LogP contribution in [0.5, 0.6) is 5.75 Å². The maximum Gasteiger partial charge on any atom is 0.255 e. The van der Waals surface area contributed by atoms with E-state index in [1.807, 2.05) is 0 Å². The van der Waals surface area contributed by atoms with E-state index in [0.29, 0.717) is 0 Å². The highest BCUT2D eigenvalue weighted by Gasteiger charge is 2.70. The Morgan fingerprint density at radius 2 is 1.73 bits per heavy atom. The van der Waals surface area contributed by atoms with E-state index in [-0.39, 0.29) is 11.1 Å². The molecule has 0 bridgehead atoms. The van der Waals surface area contributed by atoms with Gasteiger partial charge in [-0.05, 0) is 32.6 Å². The summed E-state index contributed by atoms with van der Waals surface area (Å²) in [5.74, 6) is -9.67. The molecule has 0 aliphatic heterocycles. The Balaban J connectivity index is 2.11. The highest BCUT2D eigenvalue weighted by atomic mass is 16.4. The number of Topliss-reactive ketones (excluding diaryl/α,β-unsaturated/α-hetero) is 2. The van der Waals surface area contributed by atoms with Crippen LogP contribution in [0.1, 0.15) is 18.1 Å². The number of aliphatic hydroxyl groups excluding tert-OH is 3. The minimum absolute atomic E-state index is 0.00664. The molecule has 1 fully saturated rings. The Bertz CT molecular complexity index is 1180. The molecule has 11 heteroatoms. The van der Waals surface area contributed by atoms with Gasteiger partial charge in [-0.2, -0.15) is 0 Å². The highest BCUT2D eigenvalue weighted by Crippen LogP contribution is 2.57. The number of fused-ring (bicyclic) bond motifs is 3. The Morgan fingerprint density at radius 1 is 1.12 bits per heavy atom. The number of hydrogen-bond donors (Lipinski definition) is 7. The molecule has 0 aromatic heterocycles. The van der Waals surface area contributed by atoms with Gasteiger partial charge in [-0.3, -0.25) is 19.3 Å². The average molecular weight is 460 g/mol. The highest BCUT2D eigenvalue weighted by molar-refractivity contribution is 6.24. The quantitative estimate of drug-likeness (QED) is 0.257. The van der Waals surface area contributed by atoms with Gasteiger partial charge < -0.3 is 36.4 Å². The molecule has 6 atom stereocenters. The lowest BCUT2D eigenvalue weighted by molar-refractivity contribution is -0.181. The molecule has 1 aromatic carbocycles. The number of aromatic hydroxyl groups is 1. The monoisotopic (exact) mass is 460 g/mol. The fourth-order valence-electron chi connectivity index (χ4n) is 5.60. The summed E-state index contributed by atoms with van der Waals surface area (Å²) < 4.78 is 0. The van der Waals surface area contributed by atoms with E-state index in [0.717, 1.165) is 0 Å². The number of phenols is 1. The van der Waals surface area contributed by atoms with Gasteiger partial charge >= 0.3 is 0 Å². The molecule has 8 N–H and O–H groups in total. The molecule has 2 unspecified atom stereocenters. The molecule has 0 spiro atoms. The number of ketones is 2. The summed E-state index contributed by atoms with van der Waals surface area (Å²) >= 11 is 0. The molecule has 3 aliphatic carbocycles. The van der Waals surface area contributed by atoms with Crippen molar-refractivity contribution in [2.24, 2.45) is 17.6 Å². The summed E-state index contributed by atoms with van der Waals surface area (Å²) in [7, 11) is 2.80. The van der Waals surface area contributed by atoms with Crippen molar-refractivity contribution < 1.29 is 45.0 Å². The summed E-state index contributed by atoms with van der Waals surface area (Å²) in [6.07, 6.45) is -1.87. The van der Waals surface area contributed by atoms with Gasteiger partial charge in [0.1, 0.15) is 22.8 Å². The second-order valence-corrected chi connectivity index (χ2v) is 9.06. The molecule has 176 valence electrons. The molecule has 0 saturated heterocycles. The Labute approximate surface area is 187 Å². The number of benzene rings is 1. The number of aliphatic hydroxyl groups is 5. The van der Waals surface area contributed by atoms with Gasteiger partial charge in [0.15, 0.2) is 11.4 Å². The van der Waals surface area contributed by atoms with Gasteiger partial charge in [-0.25, -0.2) is 0 Å². The molecule has 1 aromatic rings. The second kappa shape index (κ2) is 6.87. The number of carbonyl (C=O) groups excluding carboxylic acids is 3. The number of nitrogens with two attached hydrogens (primary N) is 1. The Morgan fingerprint density at radius 3 is 2.27 bits per heavy atom. The number of phenolic OH excluding ortho intramolecular Hbond substituents is 1. The van der Waals surface area contributed by atoms with Crippen molar-refractivity contribution >= 4 is 23.2 Å². The molecule has 1 amide bonds. The molecular formula is C22H24N2O9. The minimum atomic E-state index is -3.02. The summed E-state index contributed by atoms with van der Waals surface area (Å²) in [4.78, 5) is 39.9. The van der Waals surface area contributed by atoms with Gasteiger partial charge in [0.25, 0.3) is 5.91 Å². The summed E-state index contributed by atoms with van der Waals surface area (Å²) in [5, 5.41) is 66.3. The van der Waals surface area contributed by atoms with Crippen LogP contribution in [0.4, 0.5) is 0 Å². The van der Waals surface area contributed by atoms with Crippen LogP contribution in [0.25, 0.3) is 5.76 Å². The predicted octanol–water partition coefficient (Wildman–Crippen LogP) is -1.40. The first kappa shape index (κ1) is 22.9. The molecular weight excluding hydrogens is 436 g/mol. The zero-order chi connectivity index (χ0) is 24.8. The molecule has 33 heavy (non-hydrogen) atoms. The Kier molecular flexibility index (Phi) is 4.78. The summed E-state index contributed by atoms with van der Waals surface area (Å²) in [6, 6.07) is 2.50. The second-order valence-electron chi connectivity index (χ2n) is 9.06. The van der Waals surface area contributed by atoms with E-state index in [9.17, 15) is 45.0 Å². The van der Waals surface area contributed by atoms with Crippen LogP contribution in [0, 0.1) is 11.8 Å². The molecule has 0 radical (unpaired) electrons. The summed E-state index contributed by atoms with van der Waals surface area (Å²) in [5.41, 5.74) is -1.78. The van der Waals surface area contributed by atoms with Crippen molar-refractivity contribution in [2.75, 3.05) is 14.1 Å². The lowest BCUT2D eigenvalue weighted by Crippen LogP contribution is -2.71. The van der Waals surface area contributed by atoms with Gasteiger partial charge in [-0.15, -0.1) is 0 Å². The molecule has 3 aliphatic rings. The fraction of sp³-hybridized carbons (Fsp3) is 0.409. The van der Waals surface area contributed by atoms with Crippen molar-refractivity contribution in [3.05, 3.63) is 46.2 Å². The van der Waals surface area contributed by atoms with E-state index >= 15 is 0 Å². The molecule has 1 saturated carbocycles. The number of hydrogen-bond acceptors (Lipinski definition) is 10. The first-order valence-corrected chi connectivity index (χ1v) is 10.1. The number of primary amides is 1. The van der Waals surface area contributed by atoms with Crippen LogP contribution in [-0.2, 0) is 20.0 Å². The maximum absolute atomic E-state index is 13.7. The minimum Gasteiger partial charge on any atom is -0.508 e. The lowest BCUT2D eigenvalue weighted by atomic mass is 9.53. The van der Waals surface area contributed by atoms with Gasteiger partial charge in [-0.1, -0.05) is 12.1 Å². The smallest absolute Gasteiger partial charge is 0.255 e. The SMILES string of the molecule is CN(C)C1C(=O)C(C(N)=O)=C(O)[C@@]2(O)C(=O)C3=C(O)c4c(O)cccc4[C@@](C)(O)[C@H]3C(O)[C@@H]12. The van der Waals surface area contributed by atoms with E-state index in [1.54, 1.807) is 0 Å². The first-order valence-electron chi connectivity index (χ1n) is 10.1. The van der Waals surface area contributed by atoms with E-state index in [2.05, 4.69) is 0 Å². The van der Waals surface area contributed by atoms with Crippen LogP contribution < -0.4 is 5.73 Å². The third kappa shape index (κ3) is 2.61. The van der Waals surface area contributed by atoms with E-state index < -0.39 is 81.1 Å². The Hall–Kier alpha value is -3.25. The van der Waals surface area contributed by atoms with E-state index in [1.165, 1.54) is 44.1 Å². The number of rotatable bonds is 2. The van der Waals surface area contributed by atoms with Crippen LogP contribution >= 0.6 is 0 Å². The van der Waals surface area contributed by atoms with Crippen LogP contribution in [0.2, 0.25) is 0 Å². The van der Waals surface area contributed by atoms with Gasteiger partial charge in [0.2, 0.25) is 5.78 Å². The van der Waals surface area contributed by atoms with Crippen LogP contribution in [0.15, 0.2) is 35.1 Å². The summed E-state index contributed by atoms with van der Waals surface area (Å²) in [6.45, 7) is 1.25. The van der Waals surface area contributed by atoms with Crippen molar-refractivity contribution in [2.45, 2.75) is 30.3 Å². The molecule has 0 heterocycles. The standard InChI is InChI=1S/C22H24N2O9/c1-21(32)7-5-4-6-8(25)9(7)15(26)10-12(21)17(28)13-14(24(2)3)16(27)11(20(23)31)19(30)22(13,33)18(10)29/h4-6,12-14,17,25-26,28,30,32-33H,1-3H3,(H2,23,31)/t12-,13-,14?,17?,21-,22+/m1/s1. The largest absolute Gasteiger partial charge is 0.508 e. The zero-order valence-electron chi connectivity index (χ0n) is 18.0. The third-order valence-corrected chi connectivity index (χ3v) is 7.03.